The van der Waals surface area contributed by atoms with Crippen LogP contribution in [-0.2, 0) is 9.53 Å². The van der Waals surface area contributed by atoms with Crippen molar-refractivity contribution >= 4 is 29.3 Å². The molecule has 0 fully saturated rings. The Morgan fingerprint density at radius 3 is 2.82 bits per heavy atom. The molecule has 90 valence electrons. The molecule has 0 saturated heterocycles. The molecule has 1 rings (SSSR count). The van der Waals surface area contributed by atoms with Crippen molar-refractivity contribution in [2.24, 2.45) is 5.73 Å². The third kappa shape index (κ3) is 4.36. The molecule has 0 amide bonds. The Balaban J connectivity index is 2.71. The van der Waals surface area contributed by atoms with Crippen molar-refractivity contribution in [2.45, 2.75) is 13.3 Å². The van der Waals surface area contributed by atoms with E-state index in [0.717, 1.165) is 11.1 Å². The van der Waals surface area contributed by atoms with Crippen LogP contribution in [0.25, 0.3) is 6.08 Å². The molecule has 0 heterocycles. The van der Waals surface area contributed by atoms with Gasteiger partial charge in [-0.15, -0.1) is 0 Å². The van der Waals surface area contributed by atoms with Gasteiger partial charge < -0.3 is 10.5 Å². The summed E-state index contributed by atoms with van der Waals surface area (Å²) in [4.78, 5) is 11.5. The number of hydrogen-bond donors (Lipinski definition) is 1. The first-order valence-corrected chi connectivity index (χ1v) is 5.77. The van der Waals surface area contributed by atoms with Crippen molar-refractivity contribution in [3.8, 4) is 0 Å². The maximum absolute atomic E-state index is 11.1. The van der Waals surface area contributed by atoms with Crippen molar-refractivity contribution in [1.82, 2.24) is 0 Å². The van der Waals surface area contributed by atoms with E-state index in [-0.39, 0.29) is 12.4 Å². The largest absolute Gasteiger partial charge is 0.466 e. The molecule has 0 atom stereocenters. The van der Waals surface area contributed by atoms with Crippen LogP contribution in [0.3, 0.4) is 0 Å². The Morgan fingerprint density at radius 2 is 2.18 bits per heavy atom. The minimum atomic E-state index is -0.239. The summed E-state index contributed by atoms with van der Waals surface area (Å²) in [6, 6.07) is 7.52. The molecule has 0 unspecified atom stereocenters. The van der Waals surface area contributed by atoms with Crippen molar-refractivity contribution in [3.63, 3.8) is 0 Å². The molecule has 0 spiro atoms. The number of carbonyl (C=O) groups excluding carboxylic acids is 1. The fraction of sp³-hybridized carbons (Fsp3) is 0.231. The van der Waals surface area contributed by atoms with E-state index in [1.165, 1.54) is 0 Å². The van der Waals surface area contributed by atoms with Crippen molar-refractivity contribution < 1.29 is 9.53 Å². The van der Waals surface area contributed by atoms with Gasteiger partial charge in [0.15, 0.2) is 0 Å². The van der Waals surface area contributed by atoms with Crippen LogP contribution >= 0.6 is 12.2 Å². The number of benzene rings is 1. The highest BCUT2D eigenvalue weighted by atomic mass is 32.1. The monoisotopic (exact) mass is 249 g/mol. The molecule has 0 aliphatic rings. The van der Waals surface area contributed by atoms with Crippen molar-refractivity contribution in [2.75, 3.05) is 6.61 Å². The summed E-state index contributed by atoms with van der Waals surface area (Å²) in [5.74, 6) is -0.239. The van der Waals surface area contributed by atoms with Crippen LogP contribution in [0.4, 0.5) is 0 Å². The summed E-state index contributed by atoms with van der Waals surface area (Å²) in [6.07, 6.45) is 3.82. The van der Waals surface area contributed by atoms with E-state index < -0.39 is 0 Å². The Kier molecular flexibility index (Phi) is 5.36. The fourth-order valence-corrected chi connectivity index (χ4v) is 1.55. The molecular weight excluding hydrogens is 234 g/mol. The first-order chi connectivity index (χ1) is 8.15. The predicted octanol–water partition coefficient (Wildman–Crippen LogP) is 2.29. The zero-order valence-electron chi connectivity index (χ0n) is 9.68. The average molecular weight is 249 g/mol. The first-order valence-electron chi connectivity index (χ1n) is 5.36. The molecule has 1 aromatic carbocycles. The highest BCUT2D eigenvalue weighted by Gasteiger charge is 2.01. The molecule has 0 radical (unpaired) electrons. The van der Waals surface area contributed by atoms with E-state index in [9.17, 15) is 4.79 Å². The standard InChI is InChI=1S/C13H15NO2S/c1-2-16-12(15)9-5-7-10-6-3-4-8-11(10)13(14)17/h3-8H,2,9H2,1H3,(H2,14,17). The zero-order chi connectivity index (χ0) is 12.7. The lowest BCUT2D eigenvalue weighted by Gasteiger charge is -2.03. The van der Waals surface area contributed by atoms with Gasteiger partial charge in [0.2, 0.25) is 0 Å². The van der Waals surface area contributed by atoms with E-state index in [1.54, 1.807) is 13.0 Å². The quantitative estimate of drug-likeness (QED) is 0.642. The van der Waals surface area contributed by atoms with Crippen LogP contribution in [0, 0.1) is 0 Å². The summed E-state index contributed by atoms with van der Waals surface area (Å²) >= 11 is 4.95. The summed E-state index contributed by atoms with van der Waals surface area (Å²) in [5, 5.41) is 0. The number of hydrogen-bond acceptors (Lipinski definition) is 3. The molecule has 0 aliphatic heterocycles. The molecule has 17 heavy (non-hydrogen) atoms. The second-order valence-electron chi connectivity index (χ2n) is 3.36. The lowest BCUT2D eigenvalue weighted by Crippen LogP contribution is -2.10. The molecule has 0 bridgehead atoms. The van der Waals surface area contributed by atoms with Gasteiger partial charge in [0, 0.05) is 5.56 Å². The van der Waals surface area contributed by atoms with Gasteiger partial charge in [-0.25, -0.2) is 0 Å². The third-order valence-electron chi connectivity index (χ3n) is 2.11. The van der Waals surface area contributed by atoms with Gasteiger partial charge in [-0.2, -0.15) is 0 Å². The number of carbonyl (C=O) groups is 1. The van der Waals surface area contributed by atoms with E-state index >= 15 is 0 Å². The van der Waals surface area contributed by atoms with Crippen LogP contribution in [-0.4, -0.2) is 17.6 Å². The van der Waals surface area contributed by atoms with Gasteiger partial charge in [-0.05, 0) is 12.5 Å². The predicted molar refractivity (Wildman–Crippen MR) is 72.6 cm³/mol. The van der Waals surface area contributed by atoms with Gasteiger partial charge in [-0.1, -0.05) is 48.6 Å². The molecule has 3 nitrogen and oxygen atoms in total. The molecule has 0 aromatic heterocycles. The van der Waals surface area contributed by atoms with Crippen molar-refractivity contribution in [3.05, 3.63) is 41.5 Å². The Morgan fingerprint density at radius 1 is 1.47 bits per heavy atom. The molecule has 1 aromatic rings. The second-order valence-corrected chi connectivity index (χ2v) is 3.80. The average Bonchev–Trinajstić information content (AvgIpc) is 2.30. The molecule has 2 N–H and O–H groups in total. The van der Waals surface area contributed by atoms with Crippen LogP contribution in [0.15, 0.2) is 30.3 Å². The minimum absolute atomic E-state index is 0.239. The second kappa shape index (κ2) is 6.81. The first kappa shape index (κ1) is 13.4. The Hall–Kier alpha value is -1.68. The maximum atomic E-state index is 11.1. The molecule has 0 saturated carbocycles. The smallest absolute Gasteiger partial charge is 0.309 e. The number of esters is 1. The van der Waals surface area contributed by atoms with E-state index in [1.807, 2.05) is 30.3 Å². The van der Waals surface area contributed by atoms with Crippen LogP contribution in [0.5, 0.6) is 0 Å². The van der Waals surface area contributed by atoms with Crippen LogP contribution in [0.2, 0.25) is 0 Å². The SMILES string of the molecule is CCOC(=O)CC=Cc1ccccc1C(N)=S. The molecule has 0 aliphatic carbocycles. The minimum Gasteiger partial charge on any atom is -0.466 e. The highest BCUT2D eigenvalue weighted by Crippen LogP contribution is 2.11. The Labute approximate surface area is 106 Å². The molecule has 4 heteroatoms. The summed E-state index contributed by atoms with van der Waals surface area (Å²) in [5.41, 5.74) is 7.31. The summed E-state index contributed by atoms with van der Waals surface area (Å²) in [6.45, 7) is 2.18. The highest BCUT2D eigenvalue weighted by molar-refractivity contribution is 7.80. The van der Waals surface area contributed by atoms with Gasteiger partial charge in [0.1, 0.15) is 4.99 Å². The Bertz CT molecular complexity index is 441. The van der Waals surface area contributed by atoms with Gasteiger partial charge >= 0.3 is 5.97 Å². The van der Waals surface area contributed by atoms with Gasteiger partial charge in [0.25, 0.3) is 0 Å². The lowest BCUT2D eigenvalue weighted by atomic mass is 10.1. The van der Waals surface area contributed by atoms with E-state index in [2.05, 4.69) is 0 Å². The number of rotatable bonds is 5. The topological polar surface area (TPSA) is 52.3 Å². The molecular formula is C13H15NO2S. The van der Waals surface area contributed by atoms with E-state index in [0.29, 0.717) is 11.6 Å². The van der Waals surface area contributed by atoms with E-state index in [4.69, 9.17) is 22.7 Å². The summed E-state index contributed by atoms with van der Waals surface area (Å²) < 4.78 is 4.82. The fourth-order valence-electron chi connectivity index (χ4n) is 1.37. The number of ether oxygens (including phenoxy) is 1. The third-order valence-corrected chi connectivity index (χ3v) is 2.33. The number of nitrogens with two attached hydrogens (primary N) is 1. The lowest BCUT2D eigenvalue weighted by molar-refractivity contribution is -0.142. The zero-order valence-corrected chi connectivity index (χ0v) is 10.5. The maximum Gasteiger partial charge on any atom is 0.309 e. The van der Waals surface area contributed by atoms with Gasteiger partial charge in [-0.3, -0.25) is 4.79 Å². The summed E-state index contributed by atoms with van der Waals surface area (Å²) in [7, 11) is 0. The van der Waals surface area contributed by atoms with Crippen LogP contribution in [0.1, 0.15) is 24.5 Å². The normalized spacial score (nSPS) is 10.4. The van der Waals surface area contributed by atoms with Crippen LogP contribution < -0.4 is 5.73 Å². The van der Waals surface area contributed by atoms with Gasteiger partial charge in [0.05, 0.1) is 13.0 Å². The van der Waals surface area contributed by atoms with Crippen molar-refractivity contribution in [1.29, 1.82) is 0 Å². The number of thiocarbonyl (C=S) groups is 1.